The molecule has 0 unspecified atom stereocenters. The maximum atomic E-state index is 12.6. The minimum atomic E-state index is -0.399. The zero-order chi connectivity index (χ0) is 18.2. The summed E-state index contributed by atoms with van der Waals surface area (Å²) in [5.74, 6) is 3.03. The Balaban J connectivity index is 2.43. The second-order valence-corrected chi connectivity index (χ2v) is 5.82. The molecule has 0 fully saturated rings. The van der Waals surface area contributed by atoms with Crippen LogP contribution in [-0.4, -0.2) is 19.5 Å². The Labute approximate surface area is 154 Å². The van der Waals surface area contributed by atoms with E-state index in [0.717, 1.165) is 4.47 Å². The number of halogens is 1. The summed E-state index contributed by atoms with van der Waals surface area (Å²) in [4.78, 5) is 12.6. The standard InChI is InChI=1S/C20H14BrNO3/c1-3-9-25-19-8-7-17(21)11-15(19)10-16(13-22)20(23)14-5-4-6-18(12-14)24-2/h1,4-8,10-12H,9H2,2H3/b16-10+. The van der Waals surface area contributed by atoms with E-state index in [-0.39, 0.29) is 12.2 Å². The largest absolute Gasteiger partial charge is 0.497 e. The number of ether oxygens (including phenoxy) is 2. The lowest BCUT2D eigenvalue weighted by molar-refractivity contribution is 0.103. The van der Waals surface area contributed by atoms with E-state index in [1.54, 1.807) is 42.5 Å². The number of hydrogen-bond acceptors (Lipinski definition) is 4. The molecule has 5 heteroatoms. The van der Waals surface area contributed by atoms with Crippen molar-refractivity contribution < 1.29 is 14.3 Å². The molecule has 0 bridgehead atoms. The summed E-state index contributed by atoms with van der Waals surface area (Å²) in [7, 11) is 1.52. The maximum Gasteiger partial charge on any atom is 0.203 e. The fourth-order valence-electron chi connectivity index (χ4n) is 2.11. The Morgan fingerprint density at radius 1 is 1.32 bits per heavy atom. The molecule has 0 heterocycles. The third-order valence-electron chi connectivity index (χ3n) is 3.28. The number of hydrogen-bond donors (Lipinski definition) is 0. The van der Waals surface area contributed by atoms with Gasteiger partial charge in [0.2, 0.25) is 5.78 Å². The van der Waals surface area contributed by atoms with E-state index in [9.17, 15) is 10.1 Å². The first-order chi connectivity index (χ1) is 12.1. The predicted molar refractivity (Wildman–Crippen MR) is 99.4 cm³/mol. The van der Waals surface area contributed by atoms with E-state index in [1.165, 1.54) is 13.2 Å². The van der Waals surface area contributed by atoms with Crippen molar-refractivity contribution in [3.63, 3.8) is 0 Å². The summed E-state index contributed by atoms with van der Waals surface area (Å²) >= 11 is 3.37. The topological polar surface area (TPSA) is 59.3 Å². The summed E-state index contributed by atoms with van der Waals surface area (Å²) in [5, 5.41) is 9.43. The molecular formula is C20H14BrNO3. The minimum absolute atomic E-state index is 0.0167. The molecule has 2 aromatic carbocycles. The van der Waals surface area contributed by atoms with Crippen LogP contribution in [0.5, 0.6) is 11.5 Å². The van der Waals surface area contributed by atoms with Crippen LogP contribution < -0.4 is 9.47 Å². The lowest BCUT2D eigenvalue weighted by Gasteiger charge is -2.08. The van der Waals surface area contributed by atoms with Gasteiger partial charge in [0.15, 0.2) is 0 Å². The van der Waals surface area contributed by atoms with Crippen LogP contribution in [0.3, 0.4) is 0 Å². The highest BCUT2D eigenvalue weighted by molar-refractivity contribution is 9.10. The zero-order valence-electron chi connectivity index (χ0n) is 13.5. The monoisotopic (exact) mass is 395 g/mol. The van der Waals surface area contributed by atoms with Crippen molar-refractivity contribution in [3.05, 3.63) is 63.6 Å². The normalized spacial score (nSPS) is 10.5. The van der Waals surface area contributed by atoms with Crippen LogP contribution in [0.2, 0.25) is 0 Å². The Hall–Kier alpha value is -3.02. The van der Waals surface area contributed by atoms with E-state index in [1.807, 2.05) is 6.07 Å². The molecule has 2 rings (SSSR count). The highest BCUT2D eigenvalue weighted by atomic mass is 79.9. The van der Waals surface area contributed by atoms with Crippen LogP contribution in [0.25, 0.3) is 6.08 Å². The smallest absolute Gasteiger partial charge is 0.203 e. The van der Waals surface area contributed by atoms with Crippen LogP contribution in [-0.2, 0) is 0 Å². The molecule has 0 radical (unpaired) electrons. The van der Waals surface area contributed by atoms with E-state index >= 15 is 0 Å². The summed E-state index contributed by atoms with van der Waals surface area (Å²) in [6.45, 7) is 0.0915. The van der Waals surface area contributed by atoms with Crippen LogP contribution in [0, 0.1) is 23.7 Å². The Kier molecular flexibility index (Phi) is 6.39. The number of carbonyl (C=O) groups excluding carboxylic acids is 1. The molecule has 0 amide bonds. The van der Waals surface area contributed by atoms with Crippen LogP contribution >= 0.6 is 15.9 Å². The molecule has 25 heavy (non-hydrogen) atoms. The van der Waals surface area contributed by atoms with Gasteiger partial charge in [-0.1, -0.05) is 34.0 Å². The number of rotatable bonds is 6. The highest BCUT2D eigenvalue weighted by Gasteiger charge is 2.14. The van der Waals surface area contributed by atoms with E-state index in [0.29, 0.717) is 22.6 Å². The molecule has 0 aliphatic rings. The number of nitrogens with zero attached hydrogens (tertiary/aromatic N) is 1. The molecule has 124 valence electrons. The van der Waals surface area contributed by atoms with E-state index in [4.69, 9.17) is 15.9 Å². The van der Waals surface area contributed by atoms with Gasteiger partial charge in [-0.3, -0.25) is 4.79 Å². The highest BCUT2D eigenvalue weighted by Crippen LogP contribution is 2.26. The van der Waals surface area contributed by atoms with Gasteiger partial charge in [0.25, 0.3) is 0 Å². The average Bonchev–Trinajstić information content (AvgIpc) is 2.64. The van der Waals surface area contributed by atoms with Gasteiger partial charge in [-0.2, -0.15) is 5.26 Å². The van der Waals surface area contributed by atoms with Crippen molar-refractivity contribution in [1.29, 1.82) is 5.26 Å². The molecule has 0 aliphatic heterocycles. The number of methoxy groups -OCH3 is 1. The molecule has 0 spiro atoms. The second kappa shape index (κ2) is 8.73. The molecule has 2 aromatic rings. The van der Waals surface area contributed by atoms with Gasteiger partial charge in [-0.05, 0) is 36.4 Å². The van der Waals surface area contributed by atoms with E-state index < -0.39 is 5.78 Å². The Morgan fingerprint density at radius 3 is 2.80 bits per heavy atom. The maximum absolute atomic E-state index is 12.6. The summed E-state index contributed by atoms with van der Waals surface area (Å²) in [5.41, 5.74) is 0.933. The number of nitriles is 1. The van der Waals surface area contributed by atoms with Gasteiger partial charge in [0.05, 0.1) is 7.11 Å². The molecule has 0 saturated heterocycles. The number of carbonyl (C=O) groups is 1. The minimum Gasteiger partial charge on any atom is -0.497 e. The van der Waals surface area contributed by atoms with Gasteiger partial charge < -0.3 is 9.47 Å². The zero-order valence-corrected chi connectivity index (χ0v) is 15.0. The number of benzene rings is 2. The average molecular weight is 396 g/mol. The SMILES string of the molecule is C#CCOc1ccc(Br)cc1/C=C(\C#N)C(=O)c1cccc(OC)c1. The first-order valence-corrected chi connectivity index (χ1v) is 8.04. The number of Topliss-reactive ketones (excluding diaryl/α,β-unsaturated/α-hetero) is 1. The molecule has 0 saturated carbocycles. The quantitative estimate of drug-likeness (QED) is 0.317. The summed E-state index contributed by atoms with van der Waals surface area (Å²) in [6.07, 6.45) is 6.70. The van der Waals surface area contributed by atoms with Gasteiger partial charge in [-0.25, -0.2) is 0 Å². The summed E-state index contributed by atoms with van der Waals surface area (Å²) in [6, 6.07) is 13.9. The number of terminal acetylenes is 1. The molecule has 0 aliphatic carbocycles. The number of allylic oxidation sites excluding steroid dienone is 1. The summed E-state index contributed by atoms with van der Waals surface area (Å²) < 4.78 is 11.4. The third-order valence-corrected chi connectivity index (χ3v) is 3.77. The van der Waals surface area contributed by atoms with Crippen LogP contribution in [0.15, 0.2) is 52.5 Å². The lowest BCUT2D eigenvalue weighted by Crippen LogP contribution is -2.03. The van der Waals surface area contributed by atoms with Crippen molar-refractivity contribution in [2.75, 3.05) is 13.7 Å². The number of ketones is 1. The Morgan fingerprint density at radius 2 is 2.12 bits per heavy atom. The fourth-order valence-corrected chi connectivity index (χ4v) is 2.49. The lowest BCUT2D eigenvalue weighted by atomic mass is 10.0. The first-order valence-electron chi connectivity index (χ1n) is 7.25. The van der Waals surface area contributed by atoms with Crippen molar-refractivity contribution in [1.82, 2.24) is 0 Å². The van der Waals surface area contributed by atoms with Crippen LogP contribution in [0.4, 0.5) is 0 Å². The van der Waals surface area contributed by atoms with Gasteiger partial charge in [0.1, 0.15) is 29.7 Å². The molecule has 4 nitrogen and oxygen atoms in total. The molecular weight excluding hydrogens is 382 g/mol. The predicted octanol–water partition coefficient (Wildman–Crippen LogP) is 4.26. The third kappa shape index (κ3) is 4.73. The molecule has 0 atom stereocenters. The second-order valence-electron chi connectivity index (χ2n) is 4.91. The molecule has 0 N–H and O–H groups in total. The van der Waals surface area contributed by atoms with Crippen molar-refractivity contribution in [3.8, 4) is 29.9 Å². The van der Waals surface area contributed by atoms with Crippen molar-refractivity contribution in [2.24, 2.45) is 0 Å². The van der Waals surface area contributed by atoms with E-state index in [2.05, 4.69) is 21.9 Å². The van der Waals surface area contributed by atoms with Gasteiger partial charge in [-0.15, -0.1) is 6.42 Å². The van der Waals surface area contributed by atoms with Crippen molar-refractivity contribution in [2.45, 2.75) is 0 Å². The Bertz CT molecular complexity index is 904. The molecule has 0 aromatic heterocycles. The van der Waals surface area contributed by atoms with Crippen LogP contribution in [0.1, 0.15) is 15.9 Å². The van der Waals surface area contributed by atoms with Crippen molar-refractivity contribution >= 4 is 27.8 Å². The first kappa shape index (κ1) is 18.3. The van der Waals surface area contributed by atoms with Gasteiger partial charge >= 0.3 is 0 Å². The van der Waals surface area contributed by atoms with Gasteiger partial charge in [0, 0.05) is 15.6 Å². The fraction of sp³-hybridized carbons (Fsp3) is 0.100.